The molecule has 13 nitrogen and oxygen atoms in total. The molecule has 2 aliphatic heterocycles. The third kappa shape index (κ3) is 5.23. The van der Waals surface area contributed by atoms with E-state index in [-0.39, 0.29) is 11.9 Å². The van der Waals surface area contributed by atoms with E-state index in [0.29, 0.717) is 59.4 Å². The predicted molar refractivity (Wildman–Crippen MR) is 183 cm³/mol. The molecule has 4 bridgehead atoms. The second kappa shape index (κ2) is 12.0. The minimum atomic E-state index is -0.514. The molecule has 1 fully saturated rings. The summed E-state index contributed by atoms with van der Waals surface area (Å²) in [5.41, 5.74) is 4.78. The third-order valence-electron chi connectivity index (χ3n) is 9.50. The molecule has 0 saturated carbocycles. The first-order chi connectivity index (χ1) is 23.8. The average molecular weight is 663 g/mol. The number of methoxy groups -OCH3 is 2. The van der Waals surface area contributed by atoms with Crippen LogP contribution in [-0.2, 0) is 18.3 Å². The van der Waals surface area contributed by atoms with E-state index < -0.39 is 11.9 Å². The molecule has 0 spiro atoms. The van der Waals surface area contributed by atoms with Gasteiger partial charge in [-0.2, -0.15) is 10.2 Å². The molecule has 1 amide bonds. The second-order valence-corrected chi connectivity index (χ2v) is 12.5. The van der Waals surface area contributed by atoms with Crippen molar-refractivity contribution in [1.29, 1.82) is 0 Å². The highest BCUT2D eigenvalue weighted by Crippen LogP contribution is 2.36. The number of amides is 1. The first-order valence-electron chi connectivity index (χ1n) is 16.1. The van der Waals surface area contributed by atoms with Gasteiger partial charge in [-0.25, -0.2) is 24.0 Å². The summed E-state index contributed by atoms with van der Waals surface area (Å²) in [7, 11) is 6.94. The van der Waals surface area contributed by atoms with Crippen molar-refractivity contribution in [2.75, 3.05) is 44.6 Å². The summed E-state index contributed by atoms with van der Waals surface area (Å²) in [6.45, 7) is 1.04. The lowest BCUT2D eigenvalue weighted by atomic mass is 10.0. The molecule has 8 rings (SSSR count). The number of anilines is 2. The van der Waals surface area contributed by atoms with E-state index in [1.165, 1.54) is 25.6 Å². The fraction of sp³-hybridized carbons (Fsp3) is 0.314. The molecule has 250 valence electrons. The number of fused-ring (bicyclic) bond motifs is 6. The van der Waals surface area contributed by atoms with Gasteiger partial charge in [0.1, 0.15) is 47.0 Å². The molecule has 2 atom stereocenters. The van der Waals surface area contributed by atoms with Crippen molar-refractivity contribution in [3.63, 3.8) is 0 Å². The van der Waals surface area contributed by atoms with Crippen LogP contribution in [0.4, 0.5) is 16.0 Å². The zero-order valence-electron chi connectivity index (χ0n) is 27.6. The number of pyridine rings is 1. The molecule has 0 radical (unpaired) electrons. The molecule has 1 saturated heterocycles. The SMILES string of the molecule is COc1cc2nc(c1)-c1cccc3nn(C)c(c13)CCCN(C)C(=O)[C@@H]1C[C@@H](CN1c1ncnc3c1cnn3-c1ccc(F)cc1OC)N2. The molecule has 2 aliphatic rings. The number of nitrogens with one attached hydrogen (secondary N) is 1. The zero-order chi connectivity index (χ0) is 33.8. The summed E-state index contributed by atoms with van der Waals surface area (Å²) in [5, 5.41) is 14.7. The van der Waals surface area contributed by atoms with Gasteiger partial charge in [0.05, 0.1) is 37.0 Å². The minimum Gasteiger partial charge on any atom is -0.497 e. The number of benzene rings is 2. The minimum absolute atomic E-state index is 0.00614. The topological polar surface area (TPSA) is 128 Å². The molecule has 14 heteroatoms. The Labute approximate surface area is 281 Å². The lowest BCUT2D eigenvalue weighted by molar-refractivity contribution is -0.131. The maximum absolute atomic E-state index is 14.3. The number of aryl methyl sites for hydroxylation is 2. The Hall–Kier alpha value is -5.79. The van der Waals surface area contributed by atoms with Gasteiger partial charge in [-0.3, -0.25) is 9.48 Å². The van der Waals surface area contributed by atoms with Gasteiger partial charge in [0.2, 0.25) is 5.91 Å². The van der Waals surface area contributed by atoms with E-state index in [1.54, 1.807) is 24.1 Å². The van der Waals surface area contributed by atoms with E-state index >= 15 is 0 Å². The normalized spacial score (nSPS) is 18.0. The molecule has 2 aromatic carbocycles. The van der Waals surface area contributed by atoms with Crippen LogP contribution < -0.4 is 19.7 Å². The van der Waals surface area contributed by atoms with Gasteiger partial charge in [-0.05, 0) is 37.5 Å². The van der Waals surface area contributed by atoms with Gasteiger partial charge in [-0.1, -0.05) is 12.1 Å². The Morgan fingerprint density at radius 3 is 2.76 bits per heavy atom. The number of nitrogens with zero attached hydrogens (tertiary/aromatic N) is 9. The molecule has 49 heavy (non-hydrogen) atoms. The van der Waals surface area contributed by atoms with Gasteiger partial charge in [0, 0.05) is 68.1 Å². The van der Waals surface area contributed by atoms with Crippen LogP contribution in [0.5, 0.6) is 11.5 Å². The van der Waals surface area contributed by atoms with E-state index in [4.69, 9.17) is 19.6 Å². The Bertz CT molecular complexity index is 2230. The van der Waals surface area contributed by atoms with E-state index in [0.717, 1.165) is 40.7 Å². The van der Waals surface area contributed by atoms with Crippen LogP contribution in [0.2, 0.25) is 0 Å². The quantitative estimate of drug-likeness (QED) is 0.290. The average Bonchev–Trinajstić information content (AvgIpc) is 3.82. The zero-order valence-corrected chi connectivity index (χ0v) is 27.6. The lowest BCUT2D eigenvalue weighted by Gasteiger charge is -2.29. The van der Waals surface area contributed by atoms with E-state index in [9.17, 15) is 9.18 Å². The van der Waals surface area contributed by atoms with E-state index in [1.807, 2.05) is 52.8 Å². The number of hydrogen-bond donors (Lipinski definition) is 1. The Morgan fingerprint density at radius 2 is 1.92 bits per heavy atom. The van der Waals surface area contributed by atoms with Crippen LogP contribution in [0, 0.1) is 5.82 Å². The molecule has 6 heterocycles. The summed E-state index contributed by atoms with van der Waals surface area (Å²) in [4.78, 5) is 32.4. The number of likely N-dealkylation sites (N-methyl/N-ethyl adjacent to an activating group) is 1. The van der Waals surface area contributed by atoms with Crippen molar-refractivity contribution in [3.05, 3.63) is 72.6 Å². The van der Waals surface area contributed by atoms with Crippen molar-refractivity contribution < 1.29 is 18.7 Å². The van der Waals surface area contributed by atoms with Gasteiger partial charge in [-0.15, -0.1) is 0 Å². The largest absolute Gasteiger partial charge is 0.497 e. The van der Waals surface area contributed by atoms with Crippen LogP contribution in [0.25, 0.3) is 38.9 Å². The standard InChI is InChI=1S/C35H35FN10O3/c1-43-12-6-9-28-32-23(7-5-8-25(32)42-44(28)2)26-15-22(48-3)16-31(41-26)40-21-14-29(35(43)47)45(18-21)33-24-17-39-46(34(24)38-19-37-33)27-11-10-20(36)13-30(27)49-4/h5,7-8,10-11,13,15-17,19,21,29H,6,9,12,14,18H2,1-4H3,(H,40,41)/t21-,29-/m0/s1. The summed E-state index contributed by atoms with van der Waals surface area (Å²) >= 11 is 0. The monoisotopic (exact) mass is 662 g/mol. The Balaban J connectivity index is 1.21. The van der Waals surface area contributed by atoms with Crippen molar-refractivity contribution in [2.45, 2.75) is 31.3 Å². The summed E-state index contributed by atoms with van der Waals surface area (Å²) in [6.07, 6.45) is 5.13. The first kappa shape index (κ1) is 30.5. The molecule has 0 aliphatic carbocycles. The number of halogens is 1. The van der Waals surface area contributed by atoms with Gasteiger partial charge < -0.3 is 24.6 Å². The summed E-state index contributed by atoms with van der Waals surface area (Å²) in [6, 6.07) is 13.5. The van der Waals surface area contributed by atoms with Crippen LogP contribution >= 0.6 is 0 Å². The Morgan fingerprint density at radius 1 is 1.04 bits per heavy atom. The van der Waals surface area contributed by atoms with Crippen LogP contribution in [0.1, 0.15) is 18.5 Å². The lowest BCUT2D eigenvalue weighted by Crippen LogP contribution is -2.45. The van der Waals surface area contributed by atoms with E-state index in [2.05, 4.69) is 26.4 Å². The highest BCUT2D eigenvalue weighted by molar-refractivity contribution is 5.96. The second-order valence-electron chi connectivity index (χ2n) is 12.5. The molecule has 6 aromatic rings. The van der Waals surface area contributed by atoms with Gasteiger partial charge >= 0.3 is 0 Å². The van der Waals surface area contributed by atoms with Crippen molar-refractivity contribution in [3.8, 4) is 28.4 Å². The maximum Gasteiger partial charge on any atom is 0.245 e. The number of aromatic nitrogens is 7. The van der Waals surface area contributed by atoms with Crippen LogP contribution in [-0.4, -0.2) is 91.8 Å². The van der Waals surface area contributed by atoms with Crippen molar-refractivity contribution in [2.24, 2.45) is 7.05 Å². The molecule has 1 N–H and O–H groups in total. The number of hydrogen-bond acceptors (Lipinski definition) is 10. The third-order valence-corrected chi connectivity index (χ3v) is 9.50. The highest BCUT2D eigenvalue weighted by Gasteiger charge is 2.40. The molecular formula is C35H35FN10O3. The predicted octanol–water partition coefficient (Wildman–Crippen LogP) is 4.38. The number of carbonyl (C=O) groups is 1. The highest BCUT2D eigenvalue weighted by atomic mass is 19.1. The molecular weight excluding hydrogens is 627 g/mol. The van der Waals surface area contributed by atoms with Crippen molar-refractivity contribution >= 4 is 39.5 Å². The summed E-state index contributed by atoms with van der Waals surface area (Å²) in [5.74, 6) is 1.78. The smallest absolute Gasteiger partial charge is 0.245 e. The van der Waals surface area contributed by atoms with Gasteiger partial charge in [0.25, 0.3) is 0 Å². The number of carbonyl (C=O) groups excluding carboxylic acids is 1. The maximum atomic E-state index is 14.3. The first-order valence-corrected chi connectivity index (χ1v) is 16.1. The van der Waals surface area contributed by atoms with Crippen LogP contribution in [0.3, 0.4) is 0 Å². The Kier molecular flexibility index (Phi) is 7.49. The summed E-state index contributed by atoms with van der Waals surface area (Å²) < 4.78 is 28.7. The van der Waals surface area contributed by atoms with Gasteiger partial charge in [0.15, 0.2) is 5.65 Å². The molecule has 0 unspecified atom stereocenters. The van der Waals surface area contributed by atoms with Crippen LogP contribution in [0.15, 0.2) is 61.1 Å². The number of ether oxygens (including phenoxy) is 2. The number of rotatable bonds is 4. The fourth-order valence-electron chi connectivity index (χ4n) is 7.18. The molecule has 4 aromatic heterocycles. The fourth-order valence-corrected chi connectivity index (χ4v) is 7.18. The van der Waals surface area contributed by atoms with Crippen molar-refractivity contribution in [1.82, 2.24) is 39.4 Å².